The van der Waals surface area contributed by atoms with Gasteiger partial charge in [-0.25, -0.2) is 9.97 Å². The Kier molecular flexibility index (Phi) is 5.90. The summed E-state index contributed by atoms with van der Waals surface area (Å²) in [5, 5.41) is 5.47. The van der Waals surface area contributed by atoms with Crippen LogP contribution in [0.1, 0.15) is 11.1 Å². The van der Waals surface area contributed by atoms with Crippen LogP contribution in [0.25, 0.3) is 0 Å². The second-order valence-electron chi connectivity index (χ2n) is 3.11. The molecule has 0 aliphatic rings. The van der Waals surface area contributed by atoms with Gasteiger partial charge in [-0.3, -0.25) is 0 Å². The average molecular weight is 321 g/mol. The van der Waals surface area contributed by atoms with Crippen LogP contribution in [-0.2, 0) is 13.1 Å². The van der Waals surface area contributed by atoms with Crippen molar-refractivity contribution >= 4 is 39.7 Å². The molecule has 2 aromatic heterocycles. The van der Waals surface area contributed by atoms with E-state index in [1.807, 2.05) is 12.4 Å². The number of aromatic nitrogens is 2. The zero-order valence-electron chi connectivity index (χ0n) is 8.39. The molecule has 0 unspecified atom stereocenters. The summed E-state index contributed by atoms with van der Waals surface area (Å²) in [6.07, 6.45) is 5.19. The van der Waals surface area contributed by atoms with Gasteiger partial charge in [-0.15, -0.1) is 23.7 Å². The van der Waals surface area contributed by atoms with E-state index in [2.05, 4.69) is 42.7 Å². The Hall–Kier alpha value is -0.490. The lowest BCUT2D eigenvalue weighted by atomic mass is 10.3. The molecular weight excluding hydrogens is 310 g/mol. The Labute approximate surface area is 113 Å². The van der Waals surface area contributed by atoms with Crippen LogP contribution in [0.5, 0.6) is 0 Å². The molecule has 1 N–H and O–H groups in total. The molecule has 86 valence electrons. The van der Waals surface area contributed by atoms with E-state index in [0.717, 1.165) is 18.7 Å². The number of thiophene rings is 1. The average Bonchev–Trinajstić information content (AvgIpc) is 2.66. The Morgan fingerprint density at radius 1 is 1.19 bits per heavy atom. The molecule has 3 nitrogen and oxygen atoms in total. The normalized spacial score (nSPS) is 9.81. The number of nitrogens with zero attached hydrogens (tertiary/aromatic N) is 2. The van der Waals surface area contributed by atoms with Crippen LogP contribution in [0.3, 0.4) is 0 Å². The van der Waals surface area contributed by atoms with E-state index >= 15 is 0 Å². The molecule has 0 aromatic carbocycles. The van der Waals surface area contributed by atoms with Gasteiger partial charge in [0.2, 0.25) is 0 Å². The Morgan fingerprint density at radius 3 is 2.50 bits per heavy atom. The van der Waals surface area contributed by atoms with E-state index in [1.54, 1.807) is 17.7 Å². The lowest BCUT2D eigenvalue weighted by molar-refractivity contribution is 0.690. The fourth-order valence-electron chi connectivity index (χ4n) is 1.21. The largest absolute Gasteiger partial charge is 0.308 e. The van der Waals surface area contributed by atoms with Gasteiger partial charge in [0.05, 0.1) is 3.79 Å². The fraction of sp³-hybridized carbons (Fsp3) is 0.200. The quantitative estimate of drug-likeness (QED) is 0.941. The molecule has 6 heteroatoms. The van der Waals surface area contributed by atoms with Crippen LogP contribution in [0.15, 0.2) is 34.0 Å². The Morgan fingerprint density at radius 2 is 1.88 bits per heavy atom. The molecule has 0 radical (unpaired) electrons. The van der Waals surface area contributed by atoms with Crippen LogP contribution < -0.4 is 5.32 Å². The molecular formula is C10H11BrClN3S. The van der Waals surface area contributed by atoms with Crippen LogP contribution >= 0.6 is 39.7 Å². The molecule has 0 bridgehead atoms. The molecule has 0 atom stereocenters. The maximum atomic E-state index is 3.96. The van der Waals surface area contributed by atoms with Crippen molar-refractivity contribution in [2.24, 2.45) is 0 Å². The van der Waals surface area contributed by atoms with Crippen molar-refractivity contribution in [3.8, 4) is 0 Å². The first-order valence-electron chi connectivity index (χ1n) is 4.52. The topological polar surface area (TPSA) is 37.8 Å². The minimum atomic E-state index is 0. The third-order valence-corrected chi connectivity index (χ3v) is 3.45. The van der Waals surface area contributed by atoms with Gasteiger partial charge in [0.1, 0.15) is 6.33 Å². The first-order chi connectivity index (χ1) is 7.34. The van der Waals surface area contributed by atoms with E-state index < -0.39 is 0 Å². The summed E-state index contributed by atoms with van der Waals surface area (Å²) >= 11 is 5.14. The van der Waals surface area contributed by atoms with Crippen LogP contribution in [-0.4, -0.2) is 9.97 Å². The van der Waals surface area contributed by atoms with Crippen LogP contribution in [0.4, 0.5) is 0 Å². The maximum Gasteiger partial charge on any atom is 0.115 e. The van der Waals surface area contributed by atoms with Crippen molar-refractivity contribution in [1.29, 1.82) is 0 Å². The third kappa shape index (κ3) is 4.17. The molecule has 2 aromatic rings. The van der Waals surface area contributed by atoms with Gasteiger partial charge in [0.25, 0.3) is 0 Å². The summed E-state index contributed by atoms with van der Waals surface area (Å²) in [7, 11) is 0. The third-order valence-electron chi connectivity index (χ3n) is 1.89. The maximum absolute atomic E-state index is 3.96. The number of hydrogen-bond donors (Lipinski definition) is 1. The van der Waals surface area contributed by atoms with Gasteiger partial charge in [0.15, 0.2) is 0 Å². The van der Waals surface area contributed by atoms with Gasteiger partial charge in [-0.2, -0.15) is 0 Å². The van der Waals surface area contributed by atoms with E-state index in [4.69, 9.17) is 0 Å². The van der Waals surface area contributed by atoms with Crippen LogP contribution in [0, 0.1) is 0 Å². The summed E-state index contributed by atoms with van der Waals surface area (Å²) in [5.74, 6) is 0. The highest BCUT2D eigenvalue weighted by atomic mass is 79.9. The monoisotopic (exact) mass is 319 g/mol. The predicted molar refractivity (Wildman–Crippen MR) is 71.8 cm³/mol. The number of halogens is 2. The molecule has 0 fully saturated rings. The van der Waals surface area contributed by atoms with E-state index in [9.17, 15) is 0 Å². The van der Waals surface area contributed by atoms with Gasteiger partial charge >= 0.3 is 0 Å². The second-order valence-corrected chi connectivity index (χ2v) is 5.40. The van der Waals surface area contributed by atoms with Crippen molar-refractivity contribution in [3.63, 3.8) is 0 Å². The van der Waals surface area contributed by atoms with Gasteiger partial charge in [0, 0.05) is 31.0 Å². The van der Waals surface area contributed by atoms with Crippen molar-refractivity contribution in [2.45, 2.75) is 13.1 Å². The number of nitrogens with one attached hydrogen (secondary N) is 1. The molecule has 0 saturated carbocycles. The van der Waals surface area contributed by atoms with Gasteiger partial charge in [-0.1, -0.05) is 0 Å². The first-order valence-corrected chi connectivity index (χ1v) is 6.19. The zero-order valence-corrected chi connectivity index (χ0v) is 11.6. The first kappa shape index (κ1) is 13.6. The standard InChI is InChI=1S/C10H10BrN3S.ClH/c11-10-1-8(6-15-10)2-12-3-9-4-13-7-14-5-9;/h1,4-7,12H,2-3H2;1H. The molecule has 2 rings (SSSR count). The minimum absolute atomic E-state index is 0. The Balaban J connectivity index is 0.00000128. The lowest BCUT2D eigenvalue weighted by Gasteiger charge is -2.01. The Bertz CT molecular complexity index is 421. The molecule has 0 aliphatic heterocycles. The second kappa shape index (κ2) is 6.96. The van der Waals surface area contributed by atoms with E-state index in [-0.39, 0.29) is 12.4 Å². The molecule has 2 heterocycles. The molecule has 0 saturated heterocycles. The van der Waals surface area contributed by atoms with Crippen molar-refractivity contribution in [2.75, 3.05) is 0 Å². The highest BCUT2D eigenvalue weighted by molar-refractivity contribution is 9.11. The van der Waals surface area contributed by atoms with Gasteiger partial charge < -0.3 is 5.32 Å². The number of rotatable bonds is 4. The summed E-state index contributed by atoms with van der Waals surface area (Å²) < 4.78 is 1.17. The molecule has 0 spiro atoms. The summed E-state index contributed by atoms with van der Waals surface area (Å²) in [4.78, 5) is 7.92. The smallest absolute Gasteiger partial charge is 0.115 e. The molecule has 0 amide bonds. The molecule has 0 aliphatic carbocycles. The van der Waals surface area contributed by atoms with Crippen molar-refractivity contribution in [1.82, 2.24) is 15.3 Å². The van der Waals surface area contributed by atoms with Crippen molar-refractivity contribution in [3.05, 3.63) is 45.1 Å². The van der Waals surface area contributed by atoms with Crippen LogP contribution in [0.2, 0.25) is 0 Å². The summed E-state index contributed by atoms with van der Waals surface area (Å²) in [6, 6.07) is 2.12. The predicted octanol–water partition coefficient (Wildman–Crippen LogP) is 3.01. The number of hydrogen-bond acceptors (Lipinski definition) is 4. The minimum Gasteiger partial charge on any atom is -0.308 e. The van der Waals surface area contributed by atoms with E-state index in [1.165, 1.54) is 9.35 Å². The lowest BCUT2D eigenvalue weighted by Crippen LogP contribution is -2.12. The summed E-state index contributed by atoms with van der Waals surface area (Å²) in [6.45, 7) is 1.67. The SMILES string of the molecule is Brc1cc(CNCc2cncnc2)cs1.Cl. The fourth-order valence-corrected chi connectivity index (χ4v) is 2.42. The van der Waals surface area contributed by atoms with Crippen molar-refractivity contribution < 1.29 is 0 Å². The molecule has 16 heavy (non-hydrogen) atoms. The van der Waals surface area contributed by atoms with Gasteiger partial charge in [-0.05, 0) is 32.9 Å². The summed E-state index contributed by atoms with van der Waals surface area (Å²) in [5.41, 5.74) is 2.40. The highest BCUT2D eigenvalue weighted by Gasteiger charge is 1.97. The zero-order chi connectivity index (χ0) is 10.5. The highest BCUT2D eigenvalue weighted by Crippen LogP contribution is 2.20. The van der Waals surface area contributed by atoms with E-state index in [0.29, 0.717) is 0 Å².